The summed E-state index contributed by atoms with van der Waals surface area (Å²) in [5.74, 6) is 0.714. The van der Waals surface area contributed by atoms with Crippen LogP contribution in [-0.4, -0.2) is 86.6 Å². The zero-order valence-electron chi connectivity index (χ0n) is 25.1. The second kappa shape index (κ2) is 10.2. The molecule has 9 nitrogen and oxygen atoms in total. The Morgan fingerprint density at radius 1 is 1.13 bits per heavy atom. The van der Waals surface area contributed by atoms with E-state index in [2.05, 4.69) is 30.3 Å². The van der Waals surface area contributed by atoms with E-state index >= 15 is 0 Å². The van der Waals surface area contributed by atoms with Gasteiger partial charge in [-0.15, -0.1) is 11.3 Å². The van der Waals surface area contributed by atoms with E-state index in [0.29, 0.717) is 57.9 Å². The Hall–Kier alpha value is -3.62. The molecule has 4 aromatic heterocycles. The molecule has 4 aliphatic rings. The second-order valence-electron chi connectivity index (χ2n) is 13.3. The summed E-state index contributed by atoms with van der Waals surface area (Å²) in [5, 5.41) is 12.5. The van der Waals surface area contributed by atoms with Gasteiger partial charge in [-0.1, -0.05) is 0 Å². The number of fused-ring (bicyclic) bond motifs is 7. The predicted octanol–water partition coefficient (Wildman–Crippen LogP) is 6.01. The van der Waals surface area contributed by atoms with E-state index in [1.807, 2.05) is 6.07 Å². The lowest BCUT2D eigenvalue weighted by Crippen LogP contribution is -2.51. The number of pyridine rings is 1. The van der Waals surface area contributed by atoms with E-state index in [4.69, 9.17) is 14.7 Å². The molecule has 0 aliphatic carbocycles. The molecule has 5 aromatic rings. The fourth-order valence-electron chi connectivity index (χ4n) is 8.49. The Labute approximate surface area is 265 Å². The van der Waals surface area contributed by atoms with Crippen LogP contribution in [0.25, 0.3) is 42.5 Å². The number of benzene rings is 1. The zero-order chi connectivity index (χ0) is 31.4. The first-order chi connectivity index (χ1) is 22.2. The van der Waals surface area contributed by atoms with Gasteiger partial charge >= 0.3 is 12.2 Å². The minimum Gasteiger partial charge on any atom is -0.461 e. The Morgan fingerprint density at radius 2 is 1.96 bits per heavy atom. The van der Waals surface area contributed by atoms with E-state index in [1.54, 1.807) is 6.20 Å². The van der Waals surface area contributed by atoms with Crippen LogP contribution in [0.1, 0.15) is 43.2 Å². The third-order valence-electron chi connectivity index (χ3n) is 10.4. The molecule has 2 bridgehead atoms. The van der Waals surface area contributed by atoms with Crippen molar-refractivity contribution in [2.75, 3.05) is 37.7 Å². The largest absolute Gasteiger partial charge is 0.461 e. The quantitative estimate of drug-likeness (QED) is 0.223. The molecule has 4 atom stereocenters. The lowest BCUT2D eigenvalue weighted by molar-refractivity contribution is -0.137. The van der Waals surface area contributed by atoms with E-state index in [0.717, 1.165) is 56.1 Å². The van der Waals surface area contributed by atoms with Gasteiger partial charge in [0.1, 0.15) is 23.4 Å². The molecule has 0 spiro atoms. The van der Waals surface area contributed by atoms with Gasteiger partial charge in [-0.2, -0.15) is 28.2 Å². The first-order valence-corrected chi connectivity index (χ1v) is 16.6. The van der Waals surface area contributed by atoms with Gasteiger partial charge in [-0.3, -0.25) is 15.0 Å². The first kappa shape index (κ1) is 28.6. The lowest BCUT2D eigenvalue weighted by atomic mass is 9.94. The molecule has 4 fully saturated rings. The number of aromatic amines is 1. The van der Waals surface area contributed by atoms with E-state index in [-0.39, 0.29) is 28.4 Å². The van der Waals surface area contributed by atoms with Crippen molar-refractivity contribution in [3.8, 4) is 17.3 Å². The molecule has 0 unspecified atom stereocenters. The predicted molar refractivity (Wildman–Crippen MR) is 168 cm³/mol. The number of alkyl halides is 4. The van der Waals surface area contributed by atoms with Gasteiger partial charge in [-0.05, 0) is 56.8 Å². The van der Waals surface area contributed by atoms with Gasteiger partial charge in [-0.25, -0.2) is 4.39 Å². The fraction of sp³-hybridized carbons (Fsp3) is 0.500. The number of rotatable bonds is 5. The van der Waals surface area contributed by atoms with E-state index < -0.39 is 17.9 Å². The number of thiophene rings is 1. The number of ether oxygens (including phenoxy) is 1. The topological polar surface area (TPSA) is 95.1 Å². The van der Waals surface area contributed by atoms with Gasteiger partial charge in [0.2, 0.25) is 0 Å². The maximum absolute atomic E-state index is 14.7. The molecule has 0 saturated carbocycles. The molecule has 9 rings (SSSR count). The van der Waals surface area contributed by atoms with Crippen LogP contribution in [0.2, 0.25) is 0 Å². The molecule has 4 aliphatic heterocycles. The molecule has 2 N–H and O–H groups in total. The van der Waals surface area contributed by atoms with Gasteiger partial charge in [0.25, 0.3) is 0 Å². The van der Waals surface area contributed by atoms with Crippen LogP contribution in [0.4, 0.5) is 23.4 Å². The summed E-state index contributed by atoms with van der Waals surface area (Å²) in [6, 6.07) is 4.19. The number of hydrogen-bond donors (Lipinski definition) is 2. The molecular weight excluding hydrogens is 620 g/mol. The number of halogens is 4. The number of H-pyrrole nitrogens is 1. The smallest absolute Gasteiger partial charge is 0.417 e. The Kier molecular flexibility index (Phi) is 6.33. The highest BCUT2D eigenvalue weighted by atomic mass is 32.1. The zero-order valence-corrected chi connectivity index (χ0v) is 25.9. The van der Waals surface area contributed by atoms with Crippen molar-refractivity contribution in [3.05, 3.63) is 35.7 Å². The van der Waals surface area contributed by atoms with Crippen LogP contribution in [-0.2, 0) is 6.18 Å². The minimum absolute atomic E-state index is 0.00189. The first-order valence-electron chi connectivity index (χ1n) is 15.8. The molecular formula is C32H32F4N8OS. The van der Waals surface area contributed by atoms with Crippen molar-refractivity contribution in [1.29, 1.82) is 0 Å². The van der Waals surface area contributed by atoms with Crippen molar-refractivity contribution >= 4 is 48.4 Å². The van der Waals surface area contributed by atoms with Crippen LogP contribution in [0, 0.1) is 6.92 Å². The highest BCUT2D eigenvalue weighted by molar-refractivity contribution is 7.26. The summed E-state index contributed by atoms with van der Waals surface area (Å²) in [5.41, 5.74) is -0.251. The standard InChI is InChI=1S/C32H32F4N8OS/c1-16-9-22-21(11-38-42-22)23(25(16)32(34,35)36)26-27-20(5-7-37-26)24-28(43-13-18-3-4-19(14-43)39-18)40-30(41-29(24)46-27)45-15-31-6-2-8-44(31)12-17(33)10-31/h5,7,9,11,17-19,39H,2-4,6,8,10,12-15H2,1H3,(H,38,42)/t17-,18-,19+,31+/m1/s1. The van der Waals surface area contributed by atoms with Gasteiger partial charge in [0.15, 0.2) is 0 Å². The Morgan fingerprint density at radius 3 is 2.76 bits per heavy atom. The molecule has 0 radical (unpaired) electrons. The number of nitrogens with one attached hydrogen (secondary N) is 2. The summed E-state index contributed by atoms with van der Waals surface area (Å²) < 4.78 is 65.4. The average Bonchev–Trinajstić information content (AvgIpc) is 3.82. The third kappa shape index (κ3) is 4.39. The summed E-state index contributed by atoms with van der Waals surface area (Å²) >= 11 is 1.30. The van der Waals surface area contributed by atoms with Crippen molar-refractivity contribution < 1.29 is 22.3 Å². The SMILES string of the molecule is Cc1cc2[nH]ncc2c(-c2nccc3c2sc2nc(OC[C@@]45CCCN4C[C@H](F)C5)nc(N4C[C@H]5CC[C@@H](C4)N5)c23)c1C(F)(F)F. The second-order valence-corrected chi connectivity index (χ2v) is 14.3. The molecule has 14 heteroatoms. The maximum Gasteiger partial charge on any atom is 0.417 e. The van der Waals surface area contributed by atoms with Crippen LogP contribution in [0.5, 0.6) is 6.01 Å². The van der Waals surface area contributed by atoms with Gasteiger partial charge < -0.3 is 15.0 Å². The van der Waals surface area contributed by atoms with E-state index in [9.17, 15) is 17.6 Å². The van der Waals surface area contributed by atoms with Gasteiger partial charge in [0, 0.05) is 60.7 Å². The average molecular weight is 653 g/mol. The molecule has 46 heavy (non-hydrogen) atoms. The summed E-state index contributed by atoms with van der Waals surface area (Å²) in [4.78, 5) is 19.5. The normalized spacial score (nSPS) is 26.6. The van der Waals surface area contributed by atoms with Crippen LogP contribution in [0.3, 0.4) is 0 Å². The van der Waals surface area contributed by atoms with Gasteiger partial charge in [0.05, 0.1) is 38.6 Å². The van der Waals surface area contributed by atoms with Crippen molar-refractivity contribution in [1.82, 2.24) is 35.4 Å². The third-order valence-corrected chi connectivity index (χ3v) is 11.5. The summed E-state index contributed by atoms with van der Waals surface area (Å²) in [6.45, 7) is 4.54. The Balaban J connectivity index is 1.23. The summed E-state index contributed by atoms with van der Waals surface area (Å²) in [7, 11) is 0. The highest BCUT2D eigenvalue weighted by Gasteiger charge is 2.49. The molecule has 1 aromatic carbocycles. The lowest BCUT2D eigenvalue weighted by Gasteiger charge is -2.34. The van der Waals surface area contributed by atoms with Crippen molar-refractivity contribution in [2.24, 2.45) is 0 Å². The van der Waals surface area contributed by atoms with Crippen LogP contribution in [0.15, 0.2) is 24.5 Å². The van der Waals surface area contributed by atoms with E-state index in [1.165, 1.54) is 30.5 Å². The maximum atomic E-state index is 14.7. The summed E-state index contributed by atoms with van der Waals surface area (Å²) in [6.07, 6.45) is 1.96. The Bertz CT molecular complexity index is 2000. The molecule has 4 saturated heterocycles. The molecule has 0 amide bonds. The number of hydrogen-bond acceptors (Lipinski definition) is 9. The minimum atomic E-state index is -4.61. The number of aromatic nitrogens is 5. The number of piperazine rings is 1. The number of aryl methyl sites for hydroxylation is 1. The molecule has 8 heterocycles. The fourth-order valence-corrected chi connectivity index (χ4v) is 9.64. The number of anilines is 1. The number of nitrogens with zero attached hydrogens (tertiary/aromatic N) is 6. The highest BCUT2D eigenvalue weighted by Crippen LogP contribution is 2.48. The van der Waals surface area contributed by atoms with Crippen molar-refractivity contribution in [3.63, 3.8) is 0 Å². The van der Waals surface area contributed by atoms with Crippen LogP contribution < -0.4 is 15.0 Å². The van der Waals surface area contributed by atoms with Crippen LogP contribution >= 0.6 is 11.3 Å². The molecule has 240 valence electrons. The monoisotopic (exact) mass is 652 g/mol. The van der Waals surface area contributed by atoms with Crippen molar-refractivity contribution in [2.45, 2.75) is 69.0 Å².